The highest BCUT2D eigenvalue weighted by atomic mass is 19.1. The number of hydrogen-bond donors (Lipinski definition) is 1. The lowest BCUT2D eigenvalue weighted by molar-refractivity contribution is 0.172. The molecule has 0 saturated carbocycles. The van der Waals surface area contributed by atoms with E-state index >= 15 is 0 Å². The van der Waals surface area contributed by atoms with Crippen LogP contribution in [0.5, 0.6) is 0 Å². The molecule has 0 aliphatic carbocycles. The number of β-amino-alcohol motifs (C(OH)–C–C–N with tert-alkyl or cyclic N) is 1. The molecular weight excluding hydrogens is 281 g/mol. The third-order valence-electron chi connectivity index (χ3n) is 4.21. The lowest BCUT2D eigenvalue weighted by atomic mass is 10.0. The molecule has 2 aromatic rings. The van der Waals surface area contributed by atoms with Gasteiger partial charge in [-0.1, -0.05) is 12.1 Å². The zero-order valence-corrected chi connectivity index (χ0v) is 13.0. The summed E-state index contributed by atoms with van der Waals surface area (Å²) < 4.78 is 15.0. The number of aromatic nitrogens is 2. The molecule has 1 aromatic carbocycles. The van der Waals surface area contributed by atoms with Crippen molar-refractivity contribution in [2.45, 2.75) is 45.0 Å². The van der Waals surface area contributed by atoms with Crippen molar-refractivity contribution in [2.75, 3.05) is 6.54 Å². The molecule has 22 heavy (non-hydrogen) atoms. The standard InChI is InChI=1S/C17H22FN3O/c1-12(2)21-10-13(8-19-21)9-20-11-16(22)7-17(20)14-3-5-15(18)6-4-14/h3-6,8,10,12,16-17,22H,7,9,11H2,1-2H3/t16-,17+/m1/s1. The number of rotatable bonds is 4. The summed E-state index contributed by atoms with van der Waals surface area (Å²) in [7, 11) is 0. The first-order valence-corrected chi connectivity index (χ1v) is 7.73. The first-order chi connectivity index (χ1) is 10.5. The molecule has 1 aromatic heterocycles. The number of halogens is 1. The second-order valence-corrected chi connectivity index (χ2v) is 6.31. The fraction of sp³-hybridized carbons (Fsp3) is 0.471. The second kappa shape index (κ2) is 6.18. The fourth-order valence-corrected chi connectivity index (χ4v) is 3.06. The summed E-state index contributed by atoms with van der Waals surface area (Å²) in [5.74, 6) is -0.230. The largest absolute Gasteiger partial charge is 0.392 e. The van der Waals surface area contributed by atoms with Crippen LogP contribution in [0, 0.1) is 5.82 Å². The Bertz CT molecular complexity index is 623. The Kier molecular flexibility index (Phi) is 4.27. The molecule has 1 saturated heterocycles. The Morgan fingerprint density at radius 1 is 1.32 bits per heavy atom. The molecule has 1 N–H and O–H groups in total. The predicted molar refractivity (Wildman–Crippen MR) is 82.8 cm³/mol. The van der Waals surface area contributed by atoms with Gasteiger partial charge in [-0.25, -0.2) is 4.39 Å². The summed E-state index contributed by atoms with van der Waals surface area (Å²) in [4.78, 5) is 2.24. The van der Waals surface area contributed by atoms with E-state index in [1.165, 1.54) is 12.1 Å². The number of hydrogen-bond acceptors (Lipinski definition) is 3. The Balaban J connectivity index is 1.76. The highest BCUT2D eigenvalue weighted by Crippen LogP contribution is 2.33. The van der Waals surface area contributed by atoms with Crippen molar-refractivity contribution < 1.29 is 9.50 Å². The smallest absolute Gasteiger partial charge is 0.123 e. The first-order valence-electron chi connectivity index (χ1n) is 7.73. The molecule has 1 aliphatic rings. The number of likely N-dealkylation sites (tertiary alicyclic amines) is 1. The van der Waals surface area contributed by atoms with Gasteiger partial charge in [0.15, 0.2) is 0 Å². The summed E-state index contributed by atoms with van der Waals surface area (Å²) in [6.07, 6.45) is 4.28. The van der Waals surface area contributed by atoms with Gasteiger partial charge in [0, 0.05) is 36.9 Å². The maximum Gasteiger partial charge on any atom is 0.123 e. The summed E-state index contributed by atoms with van der Waals surface area (Å²) in [6, 6.07) is 7.04. The van der Waals surface area contributed by atoms with Crippen LogP contribution < -0.4 is 0 Å². The average molecular weight is 303 g/mol. The highest BCUT2D eigenvalue weighted by Gasteiger charge is 2.32. The third kappa shape index (κ3) is 3.20. The Hall–Kier alpha value is -1.72. The minimum Gasteiger partial charge on any atom is -0.392 e. The molecule has 0 amide bonds. The quantitative estimate of drug-likeness (QED) is 0.944. The molecule has 0 bridgehead atoms. The average Bonchev–Trinajstić information content (AvgIpc) is 3.07. The molecular formula is C17H22FN3O. The van der Waals surface area contributed by atoms with Gasteiger partial charge in [-0.3, -0.25) is 9.58 Å². The van der Waals surface area contributed by atoms with Gasteiger partial charge in [-0.05, 0) is 38.0 Å². The summed E-state index contributed by atoms with van der Waals surface area (Å²) in [5, 5.41) is 14.4. The van der Waals surface area contributed by atoms with Crippen LogP contribution in [0.3, 0.4) is 0 Å². The highest BCUT2D eigenvalue weighted by molar-refractivity contribution is 5.22. The minimum absolute atomic E-state index is 0.123. The van der Waals surface area contributed by atoms with Crippen molar-refractivity contribution in [3.8, 4) is 0 Å². The topological polar surface area (TPSA) is 41.3 Å². The van der Waals surface area contributed by atoms with Crippen LogP contribution in [0.15, 0.2) is 36.7 Å². The van der Waals surface area contributed by atoms with Gasteiger partial charge in [0.05, 0.1) is 12.3 Å². The van der Waals surface area contributed by atoms with E-state index in [-0.39, 0.29) is 18.0 Å². The first kappa shape index (κ1) is 15.2. The number of benzene rings is 1. The molecule has 0 unspecified atom stereocenters. The maximum atomic E-state index is 13.1. The normalized spacial score (nSPS) is 22.6. The van der Waals surface area contributed by atoms with E-state index in [4.69, 9.17) is 0 Å². The fourth-order valence-electron chi connectivity index (χ4n) is 3.06. The molecule has 2 atom stereocenters. The molecule has 0 spiro atoms. The van der Waals surface area contributed by atoms with Crippen LogP contribution >= 0.6 is 0 Å². The Morgan fingerprint density at radius 3 is 2.68 bits per heavy atom. The Labute approximate surface area is 130 Å². The predicted octanol–water partition coefficient (Wildman–Crippen LogP) is 2.91. The summed E-state index contributed by atoms with van der Waals surface area (Å²) in [6.45, 7) is 5.57. The zero-order valence-electron chi connectivity index (χ0n) is 13.0. The van der Waals surface area contributed by atoms with Crippen molar-refractivity contribution in [2.24, 2.45) is 0 Å². The van der Waals surface area contributed by atoms with Gasteiger partial charge in [0.1, 0.15) is 5.82 Å². The molecule has 1 fully saturated rings. The lowest BCUT2D eigenvalue weighted by Crippen LogP contribution is -2.24. The number of nitrogens with zero attached hydrogens (tertiary/aromatic N) is 3. The second-order valence-electron chi connectivity index (χ2n) is 6.31. The van der Waals surface area contributed by atoms with Gasteiger partial charge < -0.3 is 5.11 Å². The number of aliphatic hydroxyl groups excluding tert-OH is 1. The van der Waals surface area contributed by atoms with Crippen molar-refractivity contribution in [3.05, 3.63) is 53.6 Å². The van der Waals surface area contributed by atoms with Crippen LogP contribution in [0.2, 0.25) is 0 Å². The van der Waals surface area contributed by atoms with Crippen molar-refractivity contribution >= 4 is 0 Å². The Morgan fingerprint density at radius 2 is 2.05 bits per heavy atom. The molecule has 0 radical (unpaired) electrons. The van der Waals surface area contributed by atoms with Gasteiger partial charge in [0.25, 0.3) is 0 Å². The van der Waals surface area contributed by atoms with E-state index in [0.29, 0.717) is 19.0 Å². The van der Waals surface area contributed by atoms with E-state index in [0.717, 1.165) is 17.7 Å². The summed E-state index contributed by atoms with van der Waals surface area (Å²) >= 11 is 0. The van der Waals surface area contributed by atoms with E-state index < -0.39 is 0 Å². The molecule has 118 valence electrons. The van der Waals surface area contributed by atoms with E-state index in [1.807, 2.05) is 23.0 Å². The van der Waals surface area contributed by atoms with Crippen molar-refractivity contribution in [3.63, 3.8) is 0 Å². The van der Waals surface area contributed by atoms with Crippen molar-refractivity contribution in [1.29, 1.82) is 0 Å². The van der Waals surface area contributed by atoms with Crippen LogP contribution in [0.4, 0.5) is 4.39 Å². The van der Waals surface area contributed by atoms with E-state index in [1.54, 1.807) is 0 Å². The third-order valence-corrected chi connectivity index (χ3v) is 4.21. The van der Waals surface area contributed by atoms with Crippen LogP contribution in [-0.2, 0) is 6.54 Å². The van der Waals surface area contributed by atoms with E-state index in [2.05, 4.69) is 30.0 Å². The monoisotopic (exact) mass is 303 g/mol. The van der Waals surface area contributed by atoms with Gasteiger partial charge in [-0.15, -0.1) is 0 Å². The molecule has 5 heteroatoms. The molecule has 4 nitrogen and oxygen atoms in total. The van der Waals surface area contributed by atoms with Gasteiger partial charge in [0.2, 0.25) is 0 Å². The van der Waals surface area contributed by atoms with Crippen molar-refractivity contribution in [1.82, 2.24) is 14.7 Å². The van der Waals surface area contributed by atoms with Crippen LogP contribution in [-0.4, -0.2) is 32.4 Å². The number of aliphatic hydroxyl groups is 1. The van der Waals surface area contributed by atoms with Crippen LogP contribution in [0.25, 0.3) is 0 Å². The molecule has 2 heterocycles. The summed E-state index contributed by atoms with van der Waals surface area (Å²) in [5.41, 5.74) is 2.18. The lowest BCUT2D eigenvalue weighted by Gasteiger charge is -2.23. The van der Waals surface area contributed by atoms with E-state index in [9.17, 15) is 9.50 Å². The SMILES string of the molecule is CC(C)n1cc(CN2C[C@H](O)C[C@H]2c2ccc(F)cc2)cn1. The van der Waals surface area contributed by atoms with Gasteiger partial charge >= 0.3 is 0 Å². The minimum atomic E-state index is -0.338. The molecule has 1 aliphatic heterocycles. The van der Waals surface area contributed by atoms with Crippen LogP contribution in [0.1, 0.15) is 43.5 Å². The molecule has 3 rings (SSSR count). The van der Waals surface area contributed by atoms with Gasteiger partial charge in [-0.2, -0.15) is 5.10 Å². The maximum absolute atomic E-state index is 13.1. The zero-order chi connectivity index (χ0) is 15.7.